The van der Waals surface area contributed by atoms with Gasteiger partial charge in [0.15, 0.2) is 0 Å². The molecule has 3 aromatic rings. The molecular weight excluding hydrogens is 371 g/mol. The smallest absolute Gasteiger partial charge is 0.270 e. The highest BCUT2D eigenvalue weighted by Gasteiger charge is 2.09. The molecule has 0 fully saturated rings. The maximum atomic E-state index is 12.9. The maximum Gasteiger partial charge on any atom is 0.270 e. The van der Waals surface area contributed by atoms with Crippen molar-refractivity contribution in [2.75, 3.05) is 25.5 Å². The largest absolute Gasteiger partial charge is 0.496 e. The van der Waals surface area contributed by atoms with E-state index in [0.29, 0.717) is 31.0 Å². The third-order valence-electron chi connectivity index (χ3n) is 4.41. The van der Waals surface area contributed by atoms with Crippen molar-refractivity contribution in [2.45, 2.75) is 12.8 Å². The van der Waals surface area contributed by atoms with Gasteiger partial charge in [0.05, 0.1) is 7.11 Å². The maximum absolute atomic E-state index is 12.9. The quantitative estimate of drug-likeness (QED) is 0.583. The minimum Gasteiger partial charge on any atom is -0.496 e. The molecule has 0 unspecified atom stereocenters. The van der Waals surface area contributed by atoms with Crippen LogP contribution in [-0.2, 0) is 12.8 Å². The van der Waals surface area contributed by atoms with Crippen LogP contribution < -0.4 is 15.4 Å². The van der Waals surface area contributed by atoms with E-state index in [2.05, 4.69) is 20.6 Å². The molecule has 1 heterocycles. The van der Waals surface area contributed by atoms with E-state index >= 15 is 0 Å². The molecule has 0 radical (unpaired) electrons. The first-order valence-electron chi connectivity index (χ1n) is 9.36. The third kappa shape index (κ3) is 6.00. The number of aromatic nitrogens is 2. The molecule has 29 heavy (non-hydrogen) atoms. The molecule has 6 nitrogen and oxygen atoms in total. The number of benzene rings is 2. The molecule has 0 atom stereocenters. The molecule has 0 aliphatic rings. The molecule has 0 saturated carbocycles. The molecule has 0 saturated heterocycles. The standard InChI is InChI=1S/C22H23FN4O2/c1-29-20-5-3-2-4-17(20)11-13-24-21-14-19(26-15-27-21)22(28)25-12-10-16-6-8-18(23)9-7-16/h2-9,14-15H,10-13H2,1H3,(H,25,28)(H,24,26,27). The van der Waals surface area contributed by atoms with E-state index in [1.807, 2.05) is 24.3 Å². The summed E-state index contributed by atoms with van der Waals surface area (Å²) in [6, 6.07) is 15.7. The number of amides is 1. The zero-order valence-electron chi connectivity index (χ0n) is 16.2. The number of ether oxygens (including phenoxy) is 1. The van der Waals surface area contributed by atoms with Gasteiger partial charge < -0.3 is 15.4 Å². The number of halogens is 1. The summed E-state index contributed by atoms with van der Waals surface area (Å²) in [6.07, 6.45) is 2.73. The van der Waals surface area contributed by atoms with Gasteiger partial charge in [-0.15, -0.1) is 0 Å². The van der Waals surface area contributed by atoms with Gasteiger partial charge in [-0.25, -0.2) is 14.4 Å². The summed E-state index contributed by atoms with van der Waals surface area (Å²) in [7, 11) is 1.65. The van der Waals surface area contributed by atoms with Crippen LogP contribution >= 0.6 is 0 Å². The Hall–Kier alpha value is -3.48. The highest BCUT2D eigenvalue weighted by molar-refractivity contribution is 5.92. The molecule has 0 bridgehead atoms. The number of hydrogen-bond donors (Lipinski definition) is 2. The second-order valence-corrected chi connectivity index (χ2v) is 6.41. The molecule has 0 spiro atoms. The van der Waals surface area contributed by atoms with Crippen molar-refractivity contribution in [3.8, 4) is 5.75 Å². The summed E-state index contributed by atoms with van der Waals surface area (Å²) in [5.74, 6) is 0.878. The molecule has 2 N–H and O–H groups in total. The Morgan fingerprint density at radius 1 is 1.03 bits per heavy atom. The fourth-order valence-electron chi connectivity index (χ4n) is 2.87. The molecule has 7 heteroatoms. The molecule has 1 aromatic heterocycles. The van der Waals surface area contributed by atoms with Gasteiger partial charge in [-0.2, -0.15) is 0 Å². The zero-order chi connectivity index (χ0) is 20.5. The summed E-state index contributed by atoms with van der Waals surface area (Å²) in [5.41, 5.74) is 2.34. The first kappa shape index (κ1) is 20.3. The van der Waals surface area contributed by atoms with E-state index in [9.17, 15) is 9.18 Å². The van der Waals surface area contributed by atoms with Crippen LogP contribution in [0.15, 0.2) is 60.9 Å². The predicted molar refractivity (Wildman–Crippen MR) is 110 cm³/mol. The minimum atomic E-state index is -0.276. The lowest BCUT2D eigenvalue weighted by atomic mass is 10.1. The van der Waals surface area contributed by atoms with Crippen LogP contribution in [0.3, 0.4) is 0 Å². The van der Waals surface area contributed by atoms with Crippen LogP contribution in [0.2, 0.25) is 0 Å². The lowest BCUT2D eigenvalue weighted by Crippen LogP contribution is -2.26. The van der Waals surface area contributed by atoms with Gasteiger partial charge in [0.1, 0.15) is 29.4 Å². The third-order valence-corrected chi connectivity index (χ3v) is 4.41. The SMILES string of the molecule is COc1ccccc1CCNc1cc(C(=O)NCCc2ccc(F)cc2)ncn1. The highest BCUT2D eigenvalue weighted by atomic mass is 19.1. The van der Waals surface area contributed by atoms with E-state index < -0.39 is 0 Å². The first-order chi connectivity index (χ1) is 14.2. The lowest BCUT2D eigenvalue weighted by molar-refractivity contribution is 0.0949. The summed E-state index contributed by atoms with van der Waals surface area (Å²) in [4.78, 5) is 20.5. The van der Waals surface area contributed by atoms with Gasteiger partial charge in [0.25, 0.3) is 5.91 Å². The zero-order valence-corrected chi connectivity index (χ0v) is 16.2. The number of hydrogen-bond acceptors (Lipinski definition) is 5. The van der Waals surface area contributed by atoms with Crippen LogP contribution in [0.1, 0.15) is 21.6 Å². The van der Waals surface area contributed by atoms with Gasteiger partial charge in [0, 0.05) is 19.2 Å². The van der Waals surface area contributed by atoms with E-state index in [-0.39, 0.29) is 11.7 Å². The Labute approximate surface area is 169 Å². The molecule has 3 rings (SSSR count). The van der Waals surface area contributed by atoms with Crippen molar-refractivity contribution < 1.29 is 13.9 Å². The van der Waals surface area contributed by atoms with E-state index in [4.69, 9.17) is 4.74 Å². The number of carbonyl (C=O) groups is 1. The molecule has 150 valence electrons. The number of anilines is 1. The second-order valence-electron chi connectivity index (χ2n) is 6.41. The van der Waals surface area contributed by atoms with Crippen LogP contribution in [0.5, 0.6) is 5.75 Å². The fourth-order valence-corrected chi connectivity index (χ4v) is 2.87. The van der Waals surface area contributed by atoms with Crippen LogP contribution in [0, 0.1) is 5.82 Å². The molecule has 0 aliphatic carbocycles. The number of para-hydroxylation sites is 1. The van der Waals surface area contributed by atoms with Crippen molar-refractivity contribution in [3.63, 3.8) is 0 Å². The average Bonchev–Trinajstić information content (AvgIpc) is 2.75. The topological polar surface area (TPSA) is 76.1 Å². The van der Waals surface area contributed by atoms with E-state index in [1.54, 1.807) is 25.3 Å². The van der Waals surface area contributed by atoms with Crippen molar-refractivity contribution in [1.82, 2.24) is 15.3 Å². The Bertz CT molecular complexity index is 948. The summed E-state index contributed by atoms with van der Waals surface area (Å²) in [5, 5.41) is 6.02. The lowest BCUT2D eigenvalue weighted by Gasteiger charge is -2.10. The number of methoxy groups -OCH3 is 1. The van der Waals surface area contributed by atoms with Crippen molar-refractivity contribution >= 4 is 11.7 Å². The Morgan fingerprint density at radius 2 is 1.83 bits per heavy atom. The van der Waals surface area contributed by atoms with Gasteiger partial charge in [-0.05, 0) is 42.2 Å². The Morgan fingerprint density at radius 3 is 2.62 bits per heavy atom. The minimum absolute atomic E-state index is 0.274. The monoisotopic (exact) mass is 394 g/mol. The fraction of sp³-hybridized carbons (Fsp3) is 0.227. The first-order valence-corrected chi connectivity index (χ1v) is 9.36. The van der Waals surface area contributed by atoms with Gasteiger partial charge in [-0.1, -0.05) is 30.3 Å². The average molecular weight is 394 g/mol. The second kappa shape index (κ2) is 10.2. The van der Waals surface area contributed by atoms with Crippen LogP contribution in [0.25, 0.3) is 0 Å². The van der Waals surface area contributed by atoms with Gasteiger partial charge in [0.2, 0.25) is 0 Å². The Kier molecular flexibility index (Phi) is 7.10. The molecule has 1 amide bonds. The summed E-state index contributed by atoms with van der Waals surface area (Å²) in [6.45, 7) is 1.08. The van der Waals surface area contributed by atoms with Gasteiger partial charge in [-0.3, -0.25) is 4.79 Å². The Balaban J connectivity index is 1.49. The van der Waals surface area contributed by atoms with Crippen LogP contribution in [-0.4, -0.2) is 36.1 Å². The van der Waals surface area contributed by atoms with Gasteiger partial charge >= 0.3 is 0 Å². The van der Waals surface area contributed by atoms with Crippen LogP contribution in [0.4, 0.5) is 10.2 Å². The highest BCUT2D eigenvalue weighted by Crippen LogP contribution is 2.17. The van der Waals surface area contributed by atoms with E-state index in [1.165, 1.54) is 18.5 Å². The number of nitrogens with one attached hydrogen (secondary N) is 2. The summed E-state index contributed by atoms with van der Waals surface area (Å²) >= 11 is 0. The van der Waals surface area contributed by atoms with E-state index in [0.717, 1.165) is 23.3 Å². The number of rotatable bonds is 9. The van der Waals surface area contributed by atoms with Crippen molar-refractivity contribution in [1.29, 1.82) is 0 Å². The van der Waals surface area contributed by atoms with Crippen molar-refractivity contribution in [3.05, 3.63) is 83.6 Å². The molecule has 0 aliphatic heterocycles. The number of carbonyl (C=O) groups excluding carboxylic acids is 1. The normalized spacial score (nSPS) is 10.4. The molecular formula is C22H23FN4O2. The number of nitrogens with zero attached hydrogens (tertiary/aromatic N) is 2. The predicted octanol–water partition coefficient (Wildman–Crippen LogP) is 3.25. The van der Waals surface area contributed by atoms with Crippen molar-refractivity contribution in [2.24, 2.45) is 0 Å². The molecule has 2 aromatic carbocycles. The summed E-state index contributed by atoms with van der Waals surface area (Å²) < 4.78 is 18.3.